The second-order valence-electron chi connectivity index (χ2n) is 16.8. The molecule has 4 aromatic carbocycles. The van der Waals surface area contributed by atoms with Crippen molar-refractivity contribution in [1.29, 1.82) is 0 Å². The zero-order valence-corrected chi connectivity index (χ0v) is 36.1. The lowest BCUT2D eigenvalue weighted by Crippen LogP contribution is -2.49. The molecular formula is C50H54N10O4. The van der Waals surface area contributed by atoms with E-state index in [1.54, 1.807) is 0 Å². The number of hydrogen-bond donors (Lipinski definition) is 6. The quantitative estimate of drug-likeness (QED) is 0.0686. The van der Waals surface area contributed by atoms with Crippen LogP contribution in [0.5, 0.6) is 0 Å². The molecule has 0 spiro atoms. The Balaban J connectivity index is 0.873. The zero-order valence-electron chi connectivity index (χ0n) is 36.1. The highest BCUT2D eigenvalue weighted by Crippen LogP contribution is 2.50. The van der Waals surface area contributed by atoms with Crippen LogP contribution in [-0.2, 0) is 9.59 Å². The van der Waals surface area contributed by atoms with Gasteiger partial charge in [0.05, 0.1) is 35.9 Å². The molecule has 6 atom stereocenters. The molecule has 6 N–H and O–H groups in total. The standard InChI is InChI=1S/C50H54N10O4/c1-3-51-49(63)57-42(35-12-7-5-8-13-35)47(61)59-27-11-16-41(59)45-53-29-39(55-45)33-21-17-31(18-22-33)32-19-23-34(24-20-32)40-30-54-46(56-40)44-37-25-26-38(28-37)60(44)48(62)43(58-50(64)52-4-2)36-14-9-6-10-15-36/h5-10,12-15,17-24,29-30,37-38,41-44H,3-4,11,16,25-28H2,1-2H3,(H,53,55)(H,54,56)(H2,51,57,63)(H2,52,58,64)/t37-,38-,41-,42+,43-,44+/m0/s1. The van der Waals surface area contributed by atoms with Crippen LogP contribution < -0.4 is 21.3 Å². The number of aromatic amines is 2. The number of H-pyrrole nitrogens is 2. The Labute approximate surface area is 372 Å². The largest absolute Gasteiger partial charge is 0.340 e. The summed E-state index contributed by atoms with van der Waals surface area (Å²) in [4.78, 5) is 74.2. The van der Waals surface area contributed by atoms with Crippen LogP contribution in [0.15, 0.2) is 122 Å². The summed E-state index contributed by atoms with van der Waals surface area (Å²) >= 11 is 0. The molecule has 64 heavy (non-hydrogen) atoms. The van der Waals surface area contributed by atoms with Crippen molar-refractivity contribution in [2.75, 3.05) is 19.6 Å². The average molecular weight is 859 g/mol. The first kappa shape index (κ1) is 42.1. The molecule has 3 fully saturated rings. The normalized spacial score (nSPS) is 19.8. The number of aromatic nitrogens is 4. The molecule has 2 aliphatic heterocycles. The lowest BCUT2D eigenvalue weighted by atomic mass is 9.96. The number of rotatable bonds is 13. The number of fused-ring (bicyclic) bond motifs is 2. The molecule has 1 saturated carbocycles. The van der Waals surface area contributed by atoms with Gasteiger partial charge in [-0.05, 0) is 85.3 Å². The molecule has 6 amide bonds. The van der Waals surface area contributed by atoms with Gasteiger partial charge in [-0.25, -0.2) is 19.6 Å². The van der Waals surface area contributed by atoms with Gasteiger partial charge in [-0.1, -0.05) is 109 Å². The van der Waals surface area contributed by atoms with Crippen molar-refractivity contribution in [3.05, 3.63) is 144 Å². The van der Waals surface area contributed by atoms with E-state index in [1.165, 1.54) is 0 Å². The molecule has 0 unspecified atom stereocenters. The first-order valence-electron chi connectivity index (χ1n) is 22.4. The Morgan fingerprint density at radius 3 is 1.67 bits per heavy atom. The van der Waals surface area contributed by atoms with Gasteiger partial charge >= 0.3 is 12.1 Å². The molecule has 6 aromatic rings. The molecule has 2 aromatic heterocycles. The van der Waals surface area contributed by atoms with E-state index in [9.17, 15) is 19.2 Å². The second-order valence-corrected chi connectivity index (χ2v) is 16.8. The van der Waals surface area contributed by atoms with Crippen molar-refractivity contribution in [3.63, 3.8) is 0 Å². The van der Waals surface area contributed by atoms with E-state index in [4.69, 9.17) is 9.97 Å². The minimum atomic E-state index is -0.819. The Bertz CT molecular complexity index is 2580. The van der Waals surface area contributed by atoms with Gasteiger partial charge in [-0.15, -0.1) is 0 Å². The van der Waals surface area contributed by atoms with Crippen LogP contribution in [0, 0.1) is 5.92 Å². The number of urea groups is 2. The summed E-state index contributed by atoms with van der Waals surface area (Å²) in [6.45, 7) is 5.18. The van der Waals surface area contributed by atoms with Gasteiger partial charge in [0.25, 0.3) is 5.91 Å². The fourth-order valence-corrected chi connectivity index (χ4v) is 9.81. The van der Waals surface area contributed by atoms with Crippen LogP contribution in [0.4, 0.5) is 9.59 Å². The van der Waals surface area contributed by atoms with Crippen LogP contribution >= 0.6 is 0 Å². The van der Waals surface area contributed by atoms with Crippen molar-refractivity contribution in [2.45, 2.75) is 76.2 Å². The van der Waals surface area contributed by atoms with Crippen molar-refractivity contribution in [3.8, 4) is 33.6 Å². The van der Waals surface area contributed by atoms with E-state index in [0.29, 0.717) is 19.6 Å². The zero-order chi connectivity index (χ0) is 44.2. The minimum absolute atomic E-state index is 0.0933. The molecule has 2 bridgehead atoms. The molecule has 4 heterocycles. The summed E-state index contributed by atoms with van der Waals surface area (Å²) in [5.74, 6) is 1.48. The first-order chi connectivity index (χ1) is 31.3. The third kappa shape index (κ3) is 8.59. The predicted octanol–water partition coefficient (Wildman–Crippen LogP) is 7.97. The van der Waals surface area contributed by atoms with Gasteiger partial charge in [0, 0.05) is 25.7 Å². The molecule has 14 nitrogen and oxygen atoms in total. The molecule has 9 rings (SSSR count). The highest BCUT2D eigenvalue weighted by atomic mass is 16.2. The third-order valence-corrected chi connectivity index (χ3v) is 12.9. The van der Waals surface area contributed by atoms with Crippen molar-refractivity contribution < 1.29 is 19.2 Å². The van der Waals surface area contributed by atoms with Crippen molar-refractivity contribution in [2.24, 2.45) is 5.92 Å². The lowest BCUT2D eigenvalue weighted by molar-refractivity contribution is -0.138. The number of benzene rings is 4. The predicted molar refractivity (Wildman–Crippen MR) is 244 cm³/mol. The van der Waals surface area contributed by atoms with E-state index in [0.717, 1.165) is 88.5 Å². The maximum Gasteiger partial charge on any atom is 0.315 e. The molecule has 1 aliphatic carbocycles. The number of piperidine rings is 1. The summed E-state index contributed by atoms with van der Waals surface area (Å²) in [6.07, 6.45) is 8.14. The third-order valence-electron chi connectivity index (χ3n) is 12.9. The summed E-state index contributed by atoms with van der Waals surface area (Å²) in [6, 6.07) is 32.7. The van der Waals surface area contributed by atoms with Gasteiger partial charge in [0.2, 0.25) is 5.91 Å². The molecule has 0 radical (unpaired) electrons. The number of amides is 6. The molecular weight excluding hydrogens is 805 g/mol. The SMILES string of the molecule is CCNC(=O)N[C@H](C(=O)N1[C@H]2CC[C@@H](C2)[C@@H]1c1ncc(-c2ccc(-c3ccc(-c4cnc([C@@H]5CCCN5C(=O)[C@H](NC(=O)NCC)c5ccccc5)[nH]4)cc3)cc2)[nH]1)c1ccccc1. The number of hydrogen-bond acceptors (Lipinski definition) is 6. The number of carbonyl (C=O) groups is 4. The van der Waals surface area contributed by atoms with Crippen LogP contribution in [0.2, 0.25) is 0 Å². The molecule has 14 heteroatoms. The van der Waals surface area contributed by atoms with Gasteiger partial charge in [-0.2, -0.15) is 0 Å². The Hall–Kier alpha value is -7.22. The molecule has 328 valence electrons. The summed E-state index contributed by atoms with van der Waals surface area (Å²) in [7, 11) is 0. The monoisotopic (exact) mass is 858 g/mol. The van der Waals surface area contributed by atoms with Crippen LogP contribution in [0.1, 0.15) is 92.9 Å². The Morgan fingerprint density at radius 1 is 0.625 bits per heavy atom. The number of nitrogens with zero attached hydrogens (tertiary/aromatic N) is 4. The van der Waals surface area contributed by atoms with E-state index in [1.807, 2.05) is 96.7 Å². The van der Waals surface area contributed by atoms with Crippen LogP contribution in [0.25, 0.3) is 33.6 Å². The minimum Gasteiger partial charge on any atom is -0.340 e. The van der Waals surface area contributed by atoms with Crippen molar-refractivity contribution in [1.82, 2.24) is 51.0 Å². The Kier molecular flexibility index (Phi) is 12.3. The Morgan fingerprint density at radius 2 is 1.12 bits per heavy atom. The number of imidazole rings is 2. The summed E-state index contributed by atoms with van der Waals surface area (Å²) < 4.78 is 0. The fourth-order valence-electron chi connectivity index (χ4n) is 9.81. The van der Waals surface area contributed by atoms with Crippen molar-refractivity contribution >= 4 is 23.9 Å². The second kappa shape index (κ2) is 18.6. The van der Waals surface area contributed by atoms with E-state index in [2.05, 4.69) is 79.8 Å². The van der Waals surface area contributed by atoms with Gasteiger partial charge in [-0.3, -0.25) is 9.59 Å². The average Bonchev–Trinajstić information content (AvgIpc) is 4.20. The topological polar surface area (TPSA) is 180 Å². The van der Waals surface area contributed by atoms with Gasteiger partial charge in [0.15, 0.2) is 0 Å². The van der Waals surface area contributed by atoms with Crippen LogP contribution in [-0.4, -0.2) is 79.3 Å². The van der Waals surface area contributed by atoms with E-state index >= 15 is 0 Å². The smallest absolute Gasteiger partial charge is 0.315 e. The van der Waals surface area contributed by atoms with Crippen LogP contribution in [0.3, 0.4) is 0 Å². The summed E-state index contributed by atoms with van der Waals surface area (Å²) in [5, 5.41) is 11.3. The lowest BCUT2D eigenvalue weighted by Gasteiger charge is -2.37. The highest BCUT2D eigenvalue weighted by molar-refractivity contribution is 5.90. The summed E-state index contributed by atoms with van der Waals surface area (Å²) in [5.41, 5.74) is 7.28. The number of carbonyl (C=O) groups excluding carboxylic acids is 4. The maximum atomic E-state index is 14.4. The number of nitrogens with one attached hydrogen (secondary N) is 6. The highest BCUT2D eigenvalue weighted by Gasteiger charge is 2.51. The van der Waals surface area contributed by atoms with Gasteiger partial charge < -0.3 is 41.0 Å². The maximum absolute atomic E-state index is 14.4. The molecule has 2 saturated heterocycles. The first-order valence-corrected chi connectivity index (χ1v) is 22.4. The number of likely N-dealkylation sites (tertiary alicyclic amines) is 2. The fraction of sp³-hybridized carbons (Fsp3) is 0.320. The van der Waals surface area contributed by atoms with Gasteiger partial charge in [0.1, 0.15) is 23.7 Å². The molecule has 3 aliphatic rings. The van der Waals surface area contributed by atoms with E-state index in [-0.39, 0.29) is 47.9 Å². The van der Waals surface area contributed by atoms with E-state index < -0.39 is 12.1 Å².